The molecule has 1 aliphatic carbocycles. The Balaban J connectivity index is 1.96. The molecule has 44 heavy (non-hydrogen) atoms. The summed E-state index contributed by atoms with van der Waals surface area (Å²) in [5.41, 5.74) is 28.2. The van der Waals surface area contributed by atoms with Crippen LogP contribution in [0.4, 0.5) is 0 Å². The van der Waals surface area contributed by atoms with Crippen LogP contribution in [-0.4, -0.2) is 0 Å². The van der Waals surface area contributed by atoms with E-state index in [9.17, 15) is 0 Å². The average molecular weight is 844 g/mol. The van der Waals surface area contributed by atoms with Gasteiger partial charge in [0.1, 0.15) is 0 Å². The zero-order valence-electron chi connectivity index (χ0n) is 28.3. The Bertz CT molecular complexity index is 1510. The van der Waals surface area contributed by atoms with Crippen LogP contribution in [0.3, 0.4) is 0 Å². The highest BCUT2D eigenvalue weighted by molar-refractivity contribution is 9.11. The zero-order chi connectivity index (χ0) is 32.7. The molecule has 0 spiro atoms. The molecule has 0 saturated heterocycles. The first-order chi connectivity index (χ1) is 20.5. The van der Waals surface area contributed by atoms with E-state index in [0.717, 1.165) is 25.7 Å². The molecule has 4 aromatic rings. The van der Waals surface area contributed by atoms with E-state index in [1.807, 2.05) is 0 Å². The zero-order valence-corrected chi connectivity index (χ0v) is 34.7. The van der Waals surface area contributed by atoms with Crippen molar-refractivity contribution in [2.75, 3.05) is 0 Å². The molecule has 0 nitrogen and oxygen atoms in total. The van der Waals surface area contributed by atoms with Gasteiger partial charge in [0.05, 0.1) is 0 Å². The molecule has 4 aromatic carbocycles. The van der Waals surface area contributed by atoms with E-state index in [0.29, 0.717) is 0 Å². The fourth-order valence-electron chi connectivity index (χ4n) is 7.99. The quantitative estimate of drug-likeness (QED) is 0.146. The van der Waals surface area contributed by atoms with Crippen molar-refractivity contribution in [3.05, 3.63) is 129 Å². The lowest BCUT2D eigenvalue weighted by atomic mass is 9.79. The minimum atomic E-state index is 0.925. The SMILES string of the molecule is Cc1c(Br)c(C)c2c(C)c1Cc1c(C)c(Br)c(C)c(c1C)Cc1c(C)c(Br)c(C)c(c1C)Cc1c(C)c(Br)c(C)c(c1C)C2. The maximum Gasteiger partial charge on any atom is 0.0239 e. The molecule has 0 amide bonds. The Morgan fingerprint density at radius 1 is 0.227 bits per heavy atom. The van der Waals surface area contributed by atoms with E-state index < -0.39 is 0 Å². The number of hydrogen-bond donors (Lipinski definition) is 0. The summed E-state index contributed by atoms with van der Waals surface area (Å²) in [5.74, 6) is 0. The highest BCUT2D eigenvalue weighted by Crippen LogP contribution is 2.42. The summed E-state index contributed by atoms with van der Waals surface area (Å²) in [7, 11) is 0. The van der Waals surface area contributed by atoms with Crippen molar-refractivity contribution in [3.8, 4) is 0 Å². The van der Waals surface area contributed by atoms with Crippen molar-refractivity contribution in [1.82, 2.24) is 0 Å². The van der Waals surface area contributed by atoms with Crippen molar-refractivity contribution in [3.63, 3.8) is 0 Å². The second kappa shape index (κ2) is 12.4. The fourth-order valence-corrected chi connectivity index (χ4v) is 9.91. The molecule has 0 aromatic heterocycles. The summed E-state index contributed by atoms with van der Waals surface area (Å²) in [6.07, 6.45) is 3.70. The lowest BCUT2D eigenvalue weighted by Crippen LogP contribution is -2.13. The number of hydrogen-bond acceptors (Lipinski definition) is 0. The summed E-state index contributed by atoms with van der Waals surface area (Å²) in [5, 5.41) is 0. The Morgan fingerprint density at radius 3 is 0.455 bits per heavy atom. The van der Waals surface area contributed by atoms with Crippen LogP contribution >= 0.6 is 63.7 Å². The first-order valence-electron chi connectivity index (χ1n) is 15.6. The summed E-state index contributed by atoms with van der Waals surface area (Å²) < 4.78 is 5.00. The van der Waals surface area contributed by atoms with E-state index in [4.69, 9.17) is 0 Å². The number of halogens is 4. The molecule has 232 valence electrons. The third-order valence-electron chi connectivity index (χ3n) is 11.3. The average Bonchev–Trinajstić information content (AvgIpc) is 2.99. The maximum absolute atomic E-state index is 4.06. The van der Waals surface area contributed by atoms with Gasteiger partial charge < -0.3 is 0 Å². The molecule has 0 fully saturated rings. The highest BCUT2D eigenvalue weighted by Gasteiger charge is 2.26. The third kappa shape index (κ3) is 5.26. The summed E-state index contributed by atoms with van der Waals surface area (Å²) in [4.78, 5) is 0. The second-order valence-electron chi connectivity index (χ2n) is 13.3. The predicted octanol–water partition coefficient (Wildman–Crippen LogP) is 13.1. The lowest BCUT2D eigenvalue weighted by Gasteiger charge is -2.28. The minimum absolute atomic E-state index is 0.925. The van der Waals surface area contributed by atoms with Gasteiger partial charge in [0.15, 0.2) is 0 Å². The largest absolute Gasteiger partial charge is 0.0502 e. The van der Waals surface area contributed by atoms with Gasteiger partial charge in [-0.05, 0) is 220 Å². The van der Waals surface area contributed by atoms with Crippen molar-refractivity contribution in [1.29, 1.82) is 0 Å². The van der Waals surface area contributed by atoms with Crippen molar-refractivity contribution in [2.24, 2.45) is 0 Å². The van der Waals surface area contributed by atoms with Gasteiger partial charge in [-0.2, -0.15) is 0 Å². The summed E-state index contributed by atoms with van der Waals surface area (Å²) in [6, 6.07) is 0. The van der Waals surface area contributed by atoms with Gasteiger partial charge in [-0.1, -0.05) is 63.7 Å². The minimum Gasteiger partial charge on any atom is -0.0502 e. The van der Waals surface area contributed by atoms with Gasteiger partial charge in [-0.15, -0.1) is 0 Å². The molecule has 0 radical (unpaired) electrons. The lowest BCUT2D eigenvalue weighted by molar-refractivity contribution is 0.961. The van der Waals surface area contributed by atoms with Gasteiger partial charge >= 0.3 is 0 Å². The van der Waals surface area contributed by atoms with Crippen LogP contribution in [0, 0.1) is 83.1 Å². The Kier molecular flexibility index (Phi) is 9.65. The molecule has 0 N–H and O–H groups in total. The second-order valence-corrected chi connectivity index (χ2v) is 16.5. The third-order valence-corrected chi connectivity index (χ3v) is 16.0. The topological polar surface area (TPSA) is 0 Å². The summed E-state index contributed by atoms with van der Waals surface area (Å²) in [6.45, 7) is 27.8. The van der Waals surface area contributed by atoms with Crippen molar-refractivity contribution < 1.29 is 0 Å². The van der Waals surface area contributed by atoms with Gasteiger partial charge in [0, 0.05) is 17.9 Å². The van der Waals surface area contributed by atoms with Gasteiger partial charge in [0.2, 0.25) is 0 Å². The van der Waals surface area contributed by atoms with Crippen LogP contribution in [0.5, 0.6) is 0 Å². The molecule has 0 unspecified atom stereocenters. The van der Waals surface area contributed by atoms with Crippen LogP contribution in [-0.2, 0) is 25.7 Å². The normalized spacial score (nSPS) is 13.1. The molecule has 4 heteroatoms. The van der Waals surface area contributed by atoms with Crippen LogP contribution in [0.2, 0.25) is 0 Å². The summed E-state index contributed by atoms with van der Waals surface area (Å²) >= 11 is 16.2. The first kappa shape index (κ1) is 34.1. The van der Waals surface area contributed by atoms with Crippen LogP contribution in [0.25, 0.3) is 0 Å². The molecule has 1 aliphatic rings. The Labute approximate surface area is 299 Å². The number of benzene rings is 4. The van der Waals surface area contributed by atoms with E-state index in [-0.39, 0.29) is 0 Å². The number of fused-ring (bicyclic) bond motifs is 8. The predicted molar refractivity (Wildman–Crippen MR) is 205 cm³/mol. The van der Waals surface area contributed by atoms with Crippen LogP contribution in [0.1, 0.15) is 111 Å². The fraction of sp³-hybridized carbons (Fsp3) is 0.400. The van der Waals surface area contributed by atoms with E-state index in [1.54, 1.807) is 0 Å². The molecular formula is C40H44Br4. The molecular weight excluding hydrogens is 800 g/mol. The van der Waals surface area contributed by atoms with Gasteiger partial charge in [0.25, 0.3) is 0 Å². The van der Waals surface area contributed by atoms with Crippen LogP contribution in [0.15, 0.2) is 17.9 Å². The highest BCUT2D eigenvalue weighted by atomic mass is 79.9. The van der Waals surface area contributed by atoms with Gasteiger partial charge in [-0.25, -0.2) is 0 Å². The molecule has 0 heterocycles. The molecule has 0 aliphatic heterocycles. The number of rotatable bonds is 0. The van der Waals surface area contributed by atoms with Crippen molar-refractivity contribution >= 4 is 63.7 Å². The molecule has 0 saturated carbocycles. The standard InChI is InChI=1S/C40H44Br4/c1-17-29-13-31-18(2)33(25(9)38(42)23(31)7)15-35-20(4)36(28(12)40(44)27(35)11)16-34-19(3)32(24(8)39(43)26(34)10)14-30(17)22(6)37(41)21(29)5/h13-16H2,1-12H3. The van der Waals surface area contributed by atoms with Crippen molar-refractivity contribution in [2.45, 2.75) is 109 Å². The van der Waals surface area contributed by atoms with E-state index in [2.05, 4.69) is 147 Å². The van der Waals surface area contributed by atoms with Crippen LogP contribution < -0.4 is 0 Å². The molecule has 5 rings (SSSR count). The molecule has 0 atom stereocenters. The first-order valence-corrected chi connectivity index (χ1v) is 18.8. The van der Waals surface area contributed by atoms with E-state index >= 15 is 0 Å². The van der Waals surface area contributed by atoms with Gasteiger partial charge in [-0.3, -0.25) is 0 Å². The smallest absolute Gasteiger partial charge is 0.0239 e. The molecule has 8 bridgehead atoms. The monoisotopic (exact) mass is 840 g/mol. The Hall–Kier alpha value is -1.20. The van der Waals surface area contributed by atoms with E-state index in [1.165, 1.54) is 129 Å². The maximum atomic E-state index is 4.06. The Morgan fingerprint density at radius 2 is 0.341 bits per heavy atom.